The van der Waals surface area contributed by atoms with Crippen LogP contribution >= 0.6 is 0 Å². The molecule has 0 fully saturated rings. The summed E-state index contributed by atoms with van der Waals surface area (Å²) in [5, 5.41) is 11.4. The van der Waals surface area contributed by atoms with Gasteiger partial charge in [0.1, 0.15) is 24.4 Å². The molecule has 0 saturated carbocycles. The number of ether oxygens (including phenoxy) is 4. The number of carbonyl (C=O) groups excluding carboxylic acids is 1. The van der Waals surface area contributed by atoms with E-state index < -0.39 is 24.4 Å². The Hall–Kier alpha value is -3.65. The van der Waals surface area contributed by atoms with Gasteiger partial charge in [-0.2, -0.15) is 0 Å². The van der Waals surface area contributed by atoms with E-state index in [4.69, 9.17) is 18.9 Å². The first-order valence-corrected chi connectivity index (χ1v) is 13.4. The molecule has 1 N–H and O–H groups in total. The Kier molecular flexibility index (Phi) is 12.1. The van der Waals surface area contributed by atoms with Crippen molar-refractivity contribution in [3.8, 4) is 0 Å². The molecule has 208 valence electrons. The molecule has 0 bridgehead atoms. The molecule has 0 amide bonds. The van der Waals surface area contributed by atoms with Gasteiger partial charge >= 0.3 is 0 Å². The van der Waals surface area contributed by atoms with Crippen molar-refractivity contribution in [1.82, 2.24) is 0 Å². The molecule has 0 unspecified atom stereocenters. The minimum atomic E-state index is -1.09. The van der Waals surface area contributed by atoms with Crippen molar-refractivity contribution < 1.29 is 28.8 Å². The fourth-order valence-electron chi connectivity index (χ4n) is 4.28. The third-order valence-electron chi connectivity index (χ3n) is 6.42. The molecule has 0 aliphatic rings. The summed E-state index contributed by atoms with van der Waals surface area (Å²) < 4.78 is 24.5. The van der Waals surface area contributed by atoms with Crippen molar-refractivity contribution in [2.24, 2.45) is 0 Å². The zero-order valence-electron chi connectivity index (χ0n) is 22.5. The van der Waals surface area contributed by atoms with Crippen molar-refractivity contribution in [2.75, 3.05) is 6.61 Å². The van der Waals surface area contributed by atoms with Gasteiger partial charge in [0.05, 0.1) is 33.0 Å². The van der Waals surface area contributed by atoms with Gasteiger partial charge in [-0.3, -0.25) is 0 Å². The van der Waals surface area contributed by atoms with Crippen LogP contribution in [0.4, 0.5) is 0 Å². The largest absolute Gasteiger partial charge is 0.388 e. The average molecular weight is 541 g/mol. The number of aliphatic hydroxyl groups excluding tert-OH is 1. The predicted molar refractivity (Wildman–Crippen MR) is 153 cm³/mol. The van der Waals surface area contributed by atoms with Gasteiger partial charge in [0, 0.05) is 0 Å². The Balaban J connectivity index is 1.53. The Morgan fingerprint density at radius 2 is 0.900 bits per heavy atom. The summed E-state index contributed by atoms with van der Waals surface area (Å²) >= 11 is 0. The predicted octanol–water partition coefficient (Wildman–Crippen LogP) is 5.52. The van der Waals surface area contributed by atoms with E-state index in [1.165, 1.54) is 0 Å². The molecule has 4 rings (SSSR count). The van der Waals surface area contributed by atoms with Crippen LogP contribution in [-0.4, -0.2) is 42.4 Å². The average Bonchev–Trinajstić information content (AvgIpc) is 3.01. The summed E-state index contributed by atoms with van der Waals surface area (Å²) in [7, 11) is 0. The number of carbonyl (C=O) groups is 1. The normalized spacial score (nSPS) is 14.2. The molecule has 6 nitrogen and oxygen atoms in total. The van der Waals surface area contributed by atoms with Crippen molar-refractivity contribution >= 4 is 6.29 Å². The summed E-state index contributed by atoms with van der Waals surface area (Å²) in [4.78, 5) is 12.4. The number of aldehydes is 1. The highest BCUT2D eigenvalue weighted by Crippen LogP contribution is 2.21. The van der Waals surface area contributed by atoms with Crippen LogP contribution in [0, 0.1) is 0 Å². The van der Waals surface area contributed by atoms with Crippen LogP contribution in [0.3, 0.4) is 0 Å². The lowest BCUT2D eigenvalue weighted by molar-refractivity contribution is -0.185. The molecule has 0 radical (unpaired) electrons. The van der Waals surface area contributed by atoms with E-state index in [1.54, 1.807) is 0 Å². The summed E-state index contributed by atoms with van der Waals surface area (Å²) in [5.74, 6) is 0. The minimum Gasteiger partial charge on any atom is -0.388 e. The van der Waals surface area contributed by atoms with E-state index in [0.717, 1.165) is 28.5 Å². The second-order valence-corrected chi connectivity index (χ2v) is 9.49. The minimum absolute atomic E-state index is 0.0101. The summed E-state index contributed by atoms with van der Waals surface area (Å²) in [5.41, 5.74) is 3.77. The van der Waals surface area contributed by atoms with Crippen LogP contribution in [0.15, 0.2) is 121 Å². The van der Waals surface area contributed by atoms with Gasteiger partial charge in [0.15, 0.2) is 6.29 Å². The Labute approximate surface area is 236 Å². The van der Waals surface area contributed by atoms with E-state index in [-0.39, 0.29) is 26.4 Å². The summed E-state index contributed by atoms with van der Waals surface area (Å²) in [6, 6.07) is 38.7. The number of benzene rings is 4. The molecule has 4 atom stereocenters. The molecule has 4 aromatic carbocycles. The molecule has 0 spiro atoms. The molecule has 40 heavy (non-hydrogen) atoms. The Morgan fingerprint density at radius 3 is 1.32 bits per heavy atom. The first-order valence-electron chi connectivity index (χ1n) is 13.4. The molecule has 6 heteroatoms. The van der Waals surface area contributed by atoms with Gasteiger partial charge in [-0.25, -0.2) is 0 Å². The SMILES string of the molecule is O=C[C@H](OCc1ccccc1)[C@@H](OCc1ccccc1)[C@@H](OCc1ccccc1)[C@@H](O)COCc1ccccc1. The van der Waals surface area contributed by atoms with Gasteiger partial charge in [-0.15, -0.1) is 0 Å². The smallest absolute Gasteiger partial charge is 0.151 e. The van der Waals surface area contributed by atoms with Crippen LogP contribution in [0.25, 0.3) is 0 Å². The molecule has 0 aliphatic heterocycles. The fraction of sp³-hybridized carbons (Fsp3) is 0.265. The van der Waals surface area contributed by atoms with Crippen LogP contribution in [0.1, 0.15) is 22.3 Å². The third kappa shape index (κ3) is 9.52. The summed E-state index contributed by atoms with van der Waals surface area (Å²) in [6.45, 7) is 0.968. The third-order valence-corrected chi connectivity index (χ3v) is 6.42. The maximum Gasteiger partial charge on any atom is 0.151 e. The molecular weight excluding hydrogens is 504 g/mol. The maximum absolute atomic E-state index is 12.4. The molecular formula is C34H36O6. The highest BCUT2D eigenvalue weighted by atomic mass is 16.6. The number of hydrogen-bond donors (Lipinski definition) is 1. The molecule has 0 saturated heterocycles. The van der Waals surface area contributed by atoms with Crippen LogP contribution in [0.5, 0.6) is 0 Å². The monoisotopic (exact) mass is 540 g/mol. The lowest BCUT2D eigenvalue weighted by Gasteiger charge is -2.34. The van der Waals surface area contributed by atoms with Crippen molar-refractivity contribution in [3.63, 3.8) is 0 Å². The van der Waals surface area contributed by atoms with E-state index >= 15 is 0 Å². The van der Waals surface area contributed by atoms with Gasteiger partial charge in [0.2, 0.25) is 0 Å². The van der Waals surface area contributed by atoms with Crippen LogP contribution < -0.4 is 0 Å². The first-order chi connectivity index (χ1) is 19.7. The van der Waals surface area contributed by atoms with Gasteiger partial charge in [-0.05, 0) is 22.3 Å². The van der Waals surface area contributed by atoms with Crippen molar-refractivity contribution in [3.05, 3.63) is 144 Å². The van der Waals surface area contributed by atoms with Gasteiger partial charge in [0.25, 0.3) is 0 Å². The fourth-order valence-corrected chi connectivity index (χ4v) is 4.28. The van der Waals surface area contributed by atoms with E-state index in [0.29, 0.717) is 6.61 Å². The highest BCUT2D eigenvalue weighted by Gasteiger charge is 2.37. The van der Waals surface area contributed by atoms with Crippen molar-refractivity contribution in [2.45, 2.75) is 50.8 Å². The highest BCUT2D eigenvalue weighted by molar-refractivity contribution is 5.57. The number of rotatable bonds is 17. The lowest BCUT2D eigenvalue weighted by atomic mass is 10.0. The topological polar surface area (TPSA) is 74.2 Å². The van der Waals surface area contributed by atoms with E-state index in [9.17, 15) is 9.90 Å². The van der Waals surface area contributed by atoms with Crippen LogP contribution in [-0.2, 0) is 50.2 Å². The van der Waals surface area contributed by atoms with Gasteiger partial charge in [-0.1, -0.05) is 121 Å². The first kappa shape index (κ1) is 29.3. The molecule has 4 aromatic rings. The molecule has 0 aromatic heterocycles. The second kappa shape index (κ2) is 16.5. The summed E-state index contributed by atoms with van der Waals surface area (Å²) in [6.07, 6.45) is -3.18. The molecule has 0 aliphatic carbocycles. The van der Waals surface area contributed by atoms with Crippen molar-refractivity contribution in [1.29, 1.82) is 0 Å². The maximum atomic E-state index is 12.4. The number of aliphatic hydroxyl groups is 1. The Morgan fingerprint density at radius 1 is 0.525 bits per heavy atom. The Bertz CT molecular complexity index is 1220. The zero-order chi connectivity index (χ0) is 27.8. The van der Waals surface area contributed by atoms with Gasteiger partial charge < -0.3 is 28.8 Å². The zero-order valence-corrected chi connectivity index (χ0v) is 22.5. The lowest BCUT2D eigenvalue weighted by Crippen LogP contribution is -2.50. The number of hydrogen-bond acceptors (Lipinski definition) is 6. The van der Waals surface area contributed by atoms with Crippen LogP contribution in [0.2, 0.25) is 0 Å². The van der Waals surface area contributed by atoms with E-state index in [2.05, 4.69) is 0 Å². The second-order valence-electron chi connectivity index (χ2n) is 9.49. The van der Waals surface area contributed by atoms with E-state index in [1.807, 2.05) is 121 Å². The standard InChI is InChI=1S/C34H36O6/c35-21-32(38-23-28-15-7-2-8-16-28)34(40-25-30-19-11-4-12-20-30)33(39-24-29-17-9-3-10-18-29)31(36)26-37-22-27-13-5-1-6-14-27/h1-21,31-34,36H,22-26H2/t31-,32-,33-,34+/m0/s1. The quantitative estimate of drug-likeness (QED) is 0.178. The molecule has 0 heterocycles.